The maximum absolute atomic E-state index is 13.4. The molecule has 0 saturated heterocycles. The average molecular weight is 471 g/mol. The molecule has 5 nitrogen and oxygen atoms in total. The number of rotatable bonds is 5. The molecule has 0 saturated carbocycles. The lowest BCUT2D eigenvalue weighted by Crippen LogP contribution is -2.26. The lowest BCUT2D eigenvalue weighted by molar-refractivity contribution is -0.141. The zero-order valence-electron chi connectivity index (χ0n) is 17.4. The molecule has 168 valence electrons. The Balaban J connectivity index is 1.65. The number of carbonyl (C=O) groups is 1. The summed E-state index contributed by atoms with van der Waals surface area (Å²) in [7, 11) is 1.68. The van der Waals surface area contributed by atoms with Crippen LogP contribution in [-0.2, 0) is 12.7 Å². The molecule has 9 heteroatoms. The van der Waals surface area contributed by atoms with Gasteiger partial charge in [-0.2, -0.15) is 18.3 Å². The Morgan fingerprint density at radius 2 is 1.70 bits per heavy atom. The first-order valence-electron chi connectivity index (χ1n) is 9.91. The number of nitrogens with zero attached hydrogens (tertiary/aromatic N) is 4. The summed E-state index contributed by atoms with van der Waals surface area (Å²) in [5.41, 5.74) is 1.30. The van der Waals surface area contributed by atoms with Gasteiger partial charge in [-0.25, -0.2) is 4.68 Å². The highest BCUT2D eigenvalue weighted by Crippen LogP contribution is 2.34. The van der Waals surface area contributed by atoms with Gasteiger partial charge in [-0.1, -0.05) is 35.9 Å². The molecule has 2 aromatic carbocycles. The molecule has 0 unspecified atom stereocenters. The van der Waals surface area contributed by atoms with E-state index in [1.54, 1.807) is 72.9 Å². The summed E-state index contributed by atoms with van der Waals surface area (Å²) < 4.78 is 41.3. The molecular weight excluding hydrogens is 453 g/mol. The standard InChI is InChI=1S/C24H18ClF3N4O/c1-31(15-16-10-12-29-13-11-16)23(33)18-8-6-17(7-9-18)21-14-22(24(26,27)28)30-32(21)20-5-3-2-4-19(20)25/h2-14H,15H2,1H3. The summed E-state index contributed by atoms with van der Waals surface area (Å²) in [5, 5.41) is 4.01. The SMILES string of the molecule is CN(Cc1ccncc1)C(=O)c1ccc(-c2cc(C(F)(F)F)nn2-c2ccccc2Cl)cc1. The van der Waals surface area contributed by atoms with Crippen LogP contribution in [0.5, 0.6) is 0 Å². The minimum atomic E-state index is -4.62. The molecule has 0 spiro atoms. The van der Waals surface area contributed by atoms with Crippen LogP contribution in [-0.4, -0.2) is 32.6 Å². The van der Waals surface area contributed by atoms with Crippen LogP contribution in [0.3, 0.4) is 0 Å². The van der Waals surface area contributed by atoms with Gasteiger partial charge in [0.25, 0.3) is 5.91 Å². The summed E-state index contributed by atoms with van der Waals surface area (Å²) in [4.78, 5) is 18.3. The molecule has 4 rings (SSSR count). The van der Waals surface area contributed by atoms with E-state index >= 15 is 0 Å². The minimum absolute atomic E-state index is 0.208. The van der Waals surface area contributed by atoms with Crippen LogP contribution >= 0.6 is 11.6 Å². The van der Waals surface area contributed by atoms with Crippen molar-refractivity contribution in [3.8, 4) is 16.9 Å². The van der Waals surface area contributed by atoms with E-state index in [4.69, 9.17) is 11.6 Å². The summed E-state index contributed by atoms with van der Waals surface area (Å²) in [6.45, 7) is 0.400. The normalized spacial score (nSPS) is 11.4. The predicted octanol–water partition coefficient (Wildman–Crippen LogP) is 5.88. The smallest absolute Gasteiger partial charge is 0.337 e. The topological polar surface area (TPSA) is 51.0 Å². The van der Waals surface area contributed by atoms with E-state index in [-0.39, 0.29) is 16.6 Å². The summed E-state index contributed by atoms with van der Waals surface area (Å²) in [5.74, 6) is -0.214. The number of pyridine rings is 1. The first kappa shape index (κ1) is 22.5. The van der Waals surface area contributed by atoms with Crippen LogP contribution in [0.15, 0.2) is 79.1 Å². The van der Waals surface area contributed by atoms with Crippen molar-refractivity contribution in [2.24, 2.45) is 0 Å². The van der Waals surface area contributed by atoms with Crippen molar-refractivity contribution in [3.05, 3.63) is 101 Å². The van der Waals surface area contributed by atoms with Gasteiger partial charge in [0.15, 0.2) is 5.69 Å². The molecule has 4 aromatic rings. The highest BCUT2D eigenvalue weighted by Gasteiger charge is 2.35. The van der Waals surface area contributed by atoms with Crippen molar-refractivity contribution < 1.29 is 18.0 Å². The predicted molar refractivity (Wildman–Crippen MR) is 119 cm³/mol. The maximum Gasteiger partial charge on any atom is 0.435 e. The fourth-order valence-corrected chi connectivity index (χ4v) is 3.59. The monoisotopic (exact) mass is 470 g/mol. The van der Waals surface area contributed by atoms with E-state index in [0.717, 1.165) is 16.3 Å². The third kappa shape index (κ3) is 4.90. The highest BCUT2D eigenvalue weighted by atomic mass is 35.5. The number of hydrogen-bond donors (Lipinski definition) is 0. The van der Waals surface area contributed by atoms with Gasteiger partial charge in [0.2, 0.25) is 0 Å². The second-order valence-corrected chi connectivity index (χ2v) is 7.78. The lowest BCUT2D eigenvalue weighted by atomic mass is 10.1. The summed E-state index contributed by atoms with van der Waals surface area (Å²) in [6.07, 6.45) is -1.31. The van der Waals surface area contributed by atoms with Gasteiger partial charge in [-0.15, -0.1) is 0 Å². The molecule has 0 fully saturated rings. The fraction of sp³-hybridized carbons (Fsp3) is 0.125. The largest absolute Gasteiger partial charge is 0.435 e. The van der Waals surface area contributed by atoms with Crippen LogP contribution in [0.2, 0.25) is 5.02 Å². The third-order valence-corrected chi connectivity index (χ3v) is 5.34. The zero-order chi connectivity index (χ0) is 23.6. The van der Waals surface area contributed by atoms with Crippen LogP contribution in [0.4, 0.5) is 13.2 Å². The van der Waals surface area contributed by atoms with E-state index in [1.165, 1.54) is 0 Å². The van der Waals surface area contributed by atoms with Crippen molar-refractivity contribution in [2.75, 3.05) is 7.05 Å². The Hall–Kier alpha value is -3.65. The maximum atomic E-state index is 13.4. The molecule has 0 aliphatic rings. The first-order valence-corrected chi connectivity index (χ1v) is 10.3. The zero-order valence-corrected chi connectivity index (χ0v) is 18.2. The van der Waals surface area contributed by atoms with Gasteiger partial charge >= 0.3 is 6.18 Å². The molecule has 0 aliphatic heterocycles. The number of para-hydroxylation sites is 1. The van der Waals surface area contributed by atoms with Crippen LogP contribution in [0, 0.1) is 0 Å². The number of aromatic nitrogens is 3. The molecule has 1 amide bonds. The Morgan fingerprint density at radius 3 is 2.33 bits per heavy atom. The Kier molecular flexibility index (Phi) is 6.20. The van der Waals surface area contributed by atoms with E-state index in [1.807, 2.05) is 12.1 Å². The number of amides is 1. The Bertz CT molecular complexity index is 1270. The van der Waals surface area contributed by atoms with Gasteiger partial charge in [-0.05, 0) is 48.0 Å². The van der Waals surface area contributed by atoms with Gasteiger partial charge in [0.05, 0.1) is 16.4 Å². The van der Waals surface area contributed by atoms with Crippen molar-refractivity contribution in [3.63, 3.8) is 0 Å². The molecule has 2 aromatic heterocycles. The number of benzene rings is 2. The lowest BCUT2D eigenvalue weighted by Gasteiger charge is -2.17. The molecule has 2 heterocycles. The second-order valence-electron chi connectivity index (χ2n) is 7.37. The van der Waals surface area contributed by atoms with Crippen LogP contribution in [0.1, 0.15) is 21.6 Å². The molecular formula is C24H18ClF3N4O. The molecule has 33 heavy (non-hydrogen) atoms. The van der Waals surface area contributed by atoms with Crippen LogP contribution < -0.4 is 0 Å². The van der Waals surface area contributed by atoms with E-state index in [0.29, 0.717) is 23.4 Å². The third-order valence-electron chi connectivity index (χ3n) is 5.02. The summed E-state index contributed by atoms with van der Waals surface area (Å²) >= 11 is 6.21. The van der Waals surface area contributed by atoms with Gasteiger partial charge in [0, 0.05) is 37.1 Å². The molecule has 0 aliphatic carbocycles. The highest BCUT2D eigenvalue weighted by molar-refractivity contribution is 6.32. The molecule has 0 N–H and O–H groups in total. The van der Waals surface area contributed by atoms with Crippen molar-refractivity contribution in [2.45, 2.75) is 12.7 Å². The van der Waals surface area contributed by atoms with E-state index in [9.17, 15) is 18.0 Å². The van der Waals surface area contributed by atoms with Gasteiger partial charge in [-0.3, -0.25) is 9.78 Å². The number of hydrogen-bond acceptors (Lipinski definition) is 3. The van der Waals surface area contributed by atoms with Crippen LogP contribution in [0.25, 0.3) is 16.9 Å². The molecule has 0 radical (unpaired) electrons. The second kappa shape index (κ2) is 9.07. The minimum Gasteiger partial charge on any atom is -0.337 e. The van der Waals surface area contributed by atoms with Gasteiger partial charge in [0.1, 0.15) is 0 Å². The first-order chi connectivity index (χ1) is 15.7. The van der Waals surface area contributed by atoms with Crippen molar-refractivity contribution in [1.29, 1.82) is 0 Å². The van der Waals surface area contributed by atoms with E-state index < -0.39 is 11.9 Å². The van der Waals surface area contributed by atoms with Crippen molar-refractivity contribution >= 4 is 17.5 Å². The fourth-order valence-electron chi connectivity index (χ4n) is 3.37. The number of alkyl halides is 3. The number of carbonyl (C=O) groups excluding carboxylic acids is 1. The Morgan fingerprint density at radius 1 is 1.03 bits per heavy atom. The summed E-state index contributed by atoms with van der Waals surface area (Å²) in [6, 6.07) is 17.5. The van der Waals surface area contributed by atoms with E-state index in [2.05, 4.69) is 10.1 Å². The number of halogens is 4. The average Bonchev–Trinajstić information content (AvgIpc) is 3.25. The molecule has 0 bridgehead atoms. The quantitative estimate of drug-likeness (QED) is 0.366. The Labute approximate surface area is 193 Å². The molecule has 0 atom stereocenters. The van der Waals surface area contributed by atoms with Crippen molar-refractivity contribution in [1.82, 2.24) is 19.7 Å². The van der Waals surface area contributed by atoms with Gasteiger partial charge < -0.3 is 4.90 Å².